The minimum atomic E-state index is -0.644. The Bertz CT molecular complexity index is 26.9. The van der Waals surface area contributed by atoms with Crippen LogP contribution in [0.2, 0.25) is 0 Å². The number of hydrazine groups is 1. The standard InChI is InChI=1S/C2H7NOS.H4N2/c3-1-2(4)5;1-2/h2,4-5H,1,3H2;1-2H2. The van der Waals surface area contributed by atoms with E-state index in [9.17, 15) is 0 Å². The lowest BCUT2D eigenvalue weighted by molar-refractivity contribution is 0.273. The van der Waals surface area contributed by atoms with Crippen LogP contribution in [-0.4, -0.2) is 17.1 Å². The molecule has 0 aliphatic heterocycles. The smallest absolute Gasteiger partial charge is 0.109 e. The molecule has 7 heavy (non-hydrogen) atoms. The van der Waals surface area contributed by atoms with Crippen LogP contribution in [0.5, 0.6) is 0 Å². The molecule has 0 aliphatic carbocycles. The number of nitrogens with two attached hydrogens (primary N) is 3. The molecular weight excluding hydrogens is 114 g/mol. The van der Waals surface area contributed by atoms with Crippen LogP contribution in [-0.2, 0) is 0 Å². The molecule has 0 fully saturated rings. The van der Waals surface area contributed by atoms with E-state index < -0.39 is 5.44 Å². The fraction of sp³-hybridized carbons (Fsp3) is 1.00. The van der Waals surface area contributed by atoms with Gasteiger partial charge in [0, 0.05) is 6.54 Å². The fourth-order valence-electron chi connectivity index (χ4n) is 0. The second-order valence-corrected chi connectivity index (χ2v) is 1.31. The Morgan fingerprint density at radius 3 is 1.71 bits per heavy atom. The molecule has 0 radical (unpaired) electrons. The SMILES string of the molecule is NCC(O)S.NN. The first-order valence-corrected chi connectivity index (χ1v) is 2.18. The summed E-state index contributed by atoms with van der Waals surface area (Å²) in [6, 6.07) is 0. The zero-order valence-electron chi connectivity index (χ0n) is 3.91. The maximum atomic E-state index is 8.10. The molecule has 5 heteroatoms. The predicted molar refractivity (Wildman–Crippen MR) is 32.4 cm³/mol. The van der Waals surface area contributed by atoms with E-state index in [0.29, 0.717) is 0 Å². The first-order valence-electron chi connectivity index (χ1n) is 1.67. The lowest BCUT2D eigenvalue weighted by Gasteiger charge is -1.90. The Labute approximate surface area is 48.0 Å². The number of hydrogen-bond donors (Lipinski definition) is 5. The van der Waals surface area contributed by atoms with E-state index in [0.717, 1.165) is 0 Å². The molecule has 0 aromatic carbocycles. The molecule has 0 heterocycles. The summed E-state index contributed by atoms with van der Waals surface area (Å²) in [5.41, 5.74) is 4.20. The van der Waals surface area contributed by atoms with Crippen molar-refractivity contribution in [1.82, 2.24) is 0 Å². The number of thiol groups is 1. The molecule has 0 amide bonds. The number of hydrogen-bond acceptors (Lipinski definition) is 5. The number of aliphatic hydroxyl groups excluding tert-OH is 1. The van der Waals surface area contributed by atoms with Crippen molar-refractivity contribution < 1.29 is 5.11 Å². The highest BCUT2D eigenvalue weighted by molar-refractivity contribution is 7.80. The maximum Gasteiger partial charge on any atom is 0.109 e. The Kier molecular flexibility index (Phi) is 13.9. The van der Waals surface area contributed by atoms with Crippen LogP contribution in [0.1, 0.15) is 0 Å². The highest BCUT2D eigenvalue weighted by atomic mass is 32.1. The molecule has 0 aromatic rings. The third kappa shape index (κ3) is 22.7. The van der Waals surface area contributed by atoms with E-state index >= 15 is 0 Å². The predicted octanol–water partition coefficient (Wildman–Crippen LogP) is -1.99. The van der Waals surface area contributed by atoms with Gasteiger partial charge in [0.2, 0.25) is 0 Å². The van der Waals surface area contributed by atoms with E-state index in [1.165, 1.54) is 0 Å². The minimum Gasteiger partial charge on any atom is -0.381 e. The number of aliphatic hydroxyl groups is 1. The summed E-state index contributed by atoms with van der Waals surface area (Å²) in [4.78, 5) is 0. The lowest BCUT2D eigenvalue weighted by Crippen LogP contribution is -2.11. The summed E-state index contributed by atoms with van der Waals surface area (Å²) in [6.45, 7) is 0.225. The Morgan fingerprint density at radius 2 is 1.71 bits per heavy atom. The van der Waals surface area contributed by atoms with E-state index in [1.54, 1.807) is 0 Å². The third-order valence-corrected chi connectivity index (χ3v) is 0.422. The van der Waals surface area contributed by atoms with Gasteiger partial charge in [-0.25, -0.2) is 0 Å². The molecule has 1 atom stereocenters. The normalized spacial score (nSPS) is 11.6. The van der Waals surface area contributed by atoms with Gasteiger partial charge in [-0.3, -0.25) is 11.7 Å². The van der Waals surface area contributed by atoms with E-state index in [-0.39, 0.29) is 6.54 Å². The van der Waals surface area contributed by atoms with Gasteiger partial charge in [-0.15, -0.1) is 12.6 Å². The number of rotatable bonds is 1. The molecule has 0 rings (SSSR count). The fourth-order valence-corrected chi connectivity index (χ4v) is 0. The van der Waals surface area contributed by atoms with Gasteiger partial charge in [-0.05, 0) is 0 Å². The van der Waals surface area contributed by atoms with Gasteiger partial charge >= 0.3 is 0 Å². The van der Waals surface area contributed by atoms with Crippen molar-refractivity contribution in [3.8, 4) is 0 Å². The molecular formula is C2H11N3OS. The largest absolute Gasteiger partial charge is 0.381 e. The summed E-state index contributed by atoms with van der Waals surface area (Å²) in [7, 11) is 0. The molecule has 0 aromatic heterocycles. The Hall–Kier alpha value is 0.190. The average molecular weight is 125 g/mol. The second kappa shape index (κ2) is 9.50. The van der Waals surface area contributed by atoms with Gasteiger partial charge in [-0.2, -0.15) is 0 Å². The quantitative estimate of drug-likeness (QED) is 0.121. The van der Waals surface area contributed by atoms with Crippen molar-refractivity contribution in [3.63, 3.8) is 0 Å². The summed E-state index contributed by atoms with van der Waals surface area (Å²) >= 11 is 3.53. The Morgan fingerprint density at radius 1 is 1.57 bits per heavy atom. The van der Waals surface area contributed by atoms with Gasteiger partial charge in [0.15, 0.2) is 0 Å². The minimum absolute atomic E-state index is 0.225. The molecule has 0 spiro atoms. The van der Waals surface area contributed by atoms with Crippen molar-refractivity contribution in [2.75, 3.05) is 6.54 Å². The van der Waals surface area contributed by atoms with Gasteiger partial charge in [0.1, 0.15) is 5.44 Å². The van der Waals surface area contributed by atoms with Crippen LogP contribution in [0.15, 0.2) is 0 Å². The first-order chi connectivity index (χ1) is 3.27. The average Bonchev–Trinajstić information content (AvgIpc) is 1.73. The van der Waals surface area contributed by atoms with E-state index in [4.69, 9.17) is 10.8 Å². The van der Waals surface area contributed by atoms with Crippen LogP contribution in [0.3, 0.4) is 0 Å². The van der Waals surface area contributed by atoms with Crippen molar-refractivity contribution in [1.29, 1.82) is 0 Å². The van der Waals surface area contributed by atoms with E-state index in [2.05, 4.69) is 24.3 Å². The highest BCUT2D eigenvalue weighted by Crippen LogP contribution is 1.78. The highest BCUT2D eigenvalue weighted by Gasteiger charge is 1.82. The molecule has 4 nitrogen and oxygen atoms in total. The molecule has 0 saturated heterocycles. The maximum absolute atomic E-state index is 8.10. The molecule has 0 bridgehead atoms. The zero-order valence-corrected chi connectivity index (χ0v) is 4.81. The van der Waals surface area contributed by atoms with Gasteiger partial charge in [-0.1, -0.05) is 0 Å². The van der Waals surface area contributed by atoms with Crippen LogP contribution in [0.25, 0.3) is 0 Å². The van der Waals surface area contributed by atoms with Crippen molar-refractivity contribution >= 4 is 12.6 Å². The summed E-state index contributed by atoms with van der Waals surface area (Å²) in [5, 5.41) is 8.10. The van der Waals surface area contributed by atoms with Crippen molar-refractivity contribution in [2.45, 2.75) is 5.44 Å². The lowest BCUT2D eigenvalue weighted by atomic mass is 10.7. The Balaban J connectivity index is 0. The third-order valence-electron chi connectivity index (χ3n) is 0.211. The second-order valence-electron chi connectivity index (χ2n) is 0.716. The molecule has 7 N–H and O–H groups in total. The first kappa shape index (κ1) is 10.2. The summed E-state index contributed by atoms with van der Waals surface area (Å²) in [6.07, 6.45) is 0. The van der Waals surface area contributed by atoms with Crippen LogP contribution >= 0.6 is 12.6 Å². The van der Waals surface area contributed by atoms with Crippen molar-refractivity contribution in [3.05, 3.63) is 0 Å². The monoisotopic (exact) mass is 125 g/mol. The summed E-state index contributed by atoms with van der Waals surface area (Å²) in [5.74, 6) is 8.00. The van der Waals surface area contributed by atoms with Crippen LogP contribution < -0.4 is 17.4 Å². The van der Waals surface area contributed by atoms with Gasteiger partial charge in [0.25, 0.3) is 0 Å². The molecule has 1 unspecified atom stereocenters. The van der Waals surface area contributed by atoms with Gasteiger partial charge in [0.05, 0.1) is 0 Å². The molecule has 0 aliphatic rings. The van der Waals surface area contributed by atoms with E-state index in [1.807, 2.05) is 0 Å². The molecule has 46 valence electrons. The van der Waals surface area contributed by atoms with Crippen LogP contribution in [0.4, 0.5) is 0 Å². The van der Waals surface area contributed by atoms with Crippen molar-refractivity contribution in [2.24, 2.45) is 17.4 Å². The topological polar surface area (TPSA) is 98.3 Å². The summed E-state index contributed by atoms with van der Waals surface area (Å²) < 4.78 is 0. The zero-order chi connectivity index (χ0) is 6.28. The van der Waals surface area contributed by atoms with Gasteiger partial charge < -0.3 is 10.8 Å². The molecule has 0 saturated carbocycles. The van der Waals surface area contributed by atoms with Crippen LogP contribution in [0, 0.1) is 0 Å².